The van der Waals surface area contributed by atoms with Gasteiger partial charge in [-0.25, -0.2) is 0 Å². The third-order valence-corrected chi connectivity index (χ3v) is 2.75. The molecule has 0 bridgehead atoms. The summed E-state index contributed by atoms with van der Waals surface area (Å²) in [6.07, 6.45) is 1.02. The van der Waals surface area contributed by atoms with E-state index in [-0.39, 0.29) is 12.3 Å². The molecule has 1 aromatic carbocycles. The summed E-state index contributed by atoms with van der Waals surface area (Å²) in [5, 5.41) is 14.7. The fourth-order valence-corrected chi connectivity index (χ4v) is 1.80. The minimum Gasteiger partial charge on any atom is -0.481 e. The summed E-state index contributed by atoms with van der Waals surface area (Å²) in [4.78, 5) is 22.6. The summed E-state index contributed by atoms with van der Waals surface area (Å²) >= 11 is 0. The Morgan fingerprint density at radius 2 is 1.95 bits per heavy atom. The molecule has 19 heavy (non-hydrogen) atoms. The van der Waals surface area contributed by atoms with Crippen LogP contribution in [0.5, 0.6) is 0 Å². The van der Waals surface area contributed by atoms with E-state index in [2.05, 4.69) is 10.6 Å². The van der Waals surface area contributed by atoms with Crippen molar-refractivity contribution in [1.29, 1.82) is 0 Å². The molecule has 0 aromatic heterocycles. The van der Waals surface area contributed by atoms with Crippen LogP contribution in [-0.4, -0.2) is 30.6 Å². The van der Waals surface area contributed by atoms with E-state index in [9.17, 15) is 9.59 Å². The third-order valence-electron chi connectivity index (χ3n) is 2.75. The smallest absolute Gasteiger partial charge is 0.305 e. The standard InChI is InChI=1S/C14H20N2O3/c1-15-9-5-8-13(17)16-12(10-14(18)19)11-6-3-2-4-7-11/h2-4,6-7,12,15H,5,8-10H2,1H3,(H,16,17)(H,18,19). The molecule has 1 unspecified atom stereocenters. The molecule has 0 saturated heterocycles. The number of hydrogen-bond donors (Lipinski definition) is 3. The first-order valence-electron chi connectivity index (χ1n) is 6.34. The van der Waals surface area contributed by atoms with Crippen LogP contribution in [0.25, 0.3) is 0 Å². The Morgan fingerprint density at radius 1 is 1.26 bits per heavy atom. The first kappa shape index (κ1) is 15.2. The Hall–Kier alpha value is -1.88. The molecular formula is C14H20N2O3. The van der Waals surface area contributed by atoms with Crippen molar-refractivity contribution in [3.05, 3.63) is 35.9 Å². The lowest BCUT2D eigenvalue weighted by atomic mass is 10.0. The number of carboxylic acid groups (broad SMARTS) is 1. The van der Waals surface area contributed by atoms with Crippen molar-refractivity contribution in [3.63, 3.8) is 0 Å². The van der Waals surface area contributed by atoms with Crippen molar-refractivity contribution >= 4 is 11.9 Å². The molecule has 3 N–H and O–H groups in total. The largest absolute Gasteiger partial charge is 0.481 e. The van der Waals surface area contributed by atoms with Crippen molar-refractivity contribution in [1.82, 2.24) is 10.6 Å². The van der Waals surface area contributed by atoms with E-state index in [4.69, 9.17) is 5.11 Å². The summed E-state index contributed by atoms with van der Waals surface area (Å²) < 4.78 is 0. The predicted octanol–water partition coefficient (Wildman–Crippen LogP) is 1.32. The summed E-state index contributed by atoms with van der Waals surface area (Å²) in [7, 11) is 1.83. The second-order valence-electron chi connectivity index (χ2n) is 4.34. The van der Waals surface area contributed by atoms with Crippen LogP contribution >= 0.6 is 0 Å². The maximum absolute atomic E-state index is 11.8. The van der Waals surface area contributed by atoms with Gasteiger partial charge in [-0.3, -0.25) is 9.59 Å². The Balaban J connectivity index is 2.60. The highest BCUT2D eigenvalue weighted by molar-refractivity contribution is 5.77. The molecule has 1 rings (SSSR count). The van der Waals surface area contributed by atoms with E-state index in [1.54, 1.807) is 0 Å². The quantitative estimate of drug-likeness (QED) is 0.619. The minimum atomic E-state index is -0.927. The number of hydrogen-bond acceptors (Lipinski definition) is 3. The second kappa shape index (κ2) is 8.26. The zero-order chi connectivity index (χ0) is 14.1. The van der Waals surface area contributed by atoms with E-state index in [1.165, 1.54) is 0 Å². The van der Waals surface area contributed by atoms with E-state index in [0.717, 1.165) is 18.5 Å². The van der Waals surface area contributed by atoms with Gasteiger partial charge in [0.05, 0.1) is 12.5 Å². The molecule has 1 atom stereocenters. The normalized spacial score (nSPS) is 11.8. The molecule has 0 fully saturated rings. The number of carbonyl (C=O) groups excluding carboxylic acids is 1. The fourth-order valence-electron chi connectivity index (χ4n) is 1.80. The SMILES string of the molecule is CNCCCC(=O)NC(CC(=O)O)c1ccccc1. The van der Waals surface area contributed by atoms with Gasteiger partial charge in [-0.05, 0) is 25.6 Å². The van der Waals surface area contributed by atoms with Gasteiger partial charge >= 0.3 is 5.97 Å². The third kappa shape index (κ3) is 6.01. The van der Waals surface area contributed by atoms with Crippen LogP contribution in [0.4, 0.5) is 0 Å². The van der Waals surface area contributed by atoms with Crippen LogP contribution < -0.4 is 10.6 Å². The summed E-state index contributed by atoms with van der Waals surface area (Å²) in [6, 6.07) is 8.69. The first-order valence-corrected chi connectivity index (χ1v) is 6.34. The Morgan fingerprint density at radius 3 is 2.53 bits per heavy atom. The Labute approximate surface area is 113 Å². The van der Waals surface area contributed by atoms with Gasteiger partial charge in [0.1, 0.15) is 0 Å². The number of rotatable bonds is 8. The zero-order valence-electron chi connectivity index (χ0n) is 11.1. The van der Waals surface area contributed by atoms with E-state index < -0.39 is 12.0 Å². The van der Waals surface area contributed by atoms with Crippen LogP contribution in [0.2, 0.25) is 0 Å². The van der Waals surface area contributed by atoms with Crippen LogP contribution in [0.3, 0.4) is 0 Å². The first-order chi connectivity index (χ1) is 9.13. The van der Waals surface area contributed by atoms with Gasteiger partial charge in [-0.15, -0.1) is 0 Å². The lowest BCUT2D eigenvalue weighted by Crippen LogP contribution is -2.30. The van der Waals surface area contributed by atoms with Crippen LogP contribution in [-0.2, 0) is 9.59 Å². The number of carbonyl (C=O) groups is 2. The lowest BCUT2D eigenvalue weighted by molar-refractivity contribution is -0.137. The van der Waals surface area contributed by atoms with Crippen molar-refractivity contribution in [2.45, 2.75) is 25.3 Å². The van der Waals surface area contributed by atoms with Gasteiger partial charge in [-0.2, -0.15) is 0 Å². The molecule has 5 nitrogen and oxygen atoms in total. The van der Waals surface area contributed by atoms with Crippen LogP contribution in [0, 0.1) is 0 Å². The van der Waals surface area contributed by atoms with Gasteiger partial charge in [0.2, 0.25) is 5.91 Å². The number of amides is 1. The molecule has 104 valence electrons. The molecule has 0 heterocycles. The summed E-state index contributed by atoms with van der Waals surface area (Å²) in [5.41, 5.74) is 0.812. The topological polar surface area (TPSA) is 78.4 Å². The number of nitrogens with one attached hydrogen (secondary N) is 2. The van der Waals surface area contributed by atoms with E-state index >= 15 is 0 Å². The van der Waals surface area contributed by atoms with Gasteiger partial charge in [0.25, 0.3) is 0 Å². The molecule has 0 aliphatic carbocycles. The highest BCUT2D eigenvalue weighted by Crippen LogP contribution is 2.16. The summed E-state index contributed by atoms with van der Waals surface area (Å²) in [5.74, 6) is -1.05. The molecule has 0 radical (unpaired) electrons. The molecule has 0 aliphatic heterocycles. The van der Waals surface area contributed by atoms with Crippen LogP contribution in [0.15, 0.2) is 30.3 Å². The number of benzene rings is 1. The number of aliphatic carboxylic acids is 1. The van der Waals surface area contributed by atoms with Gasteiger partial charge < -0.3 is 15.7 Å². The second-order valence-corrected chi connectivity index (χ2v) is 4.34. The zero-order valence-corrected chi connectivity index (χ0v) is 11.1. The monoisotopic (exact) mass is 264 g/mol. The molecule has 1 amide bonds. The number of carboxylic acids is 1. The average molecular weight is 264 g/mol. The maximum Gasteiger partial charge on any atom is 0.305 e. The maximum atomic E-state index is 11.8. The molecule has 0 aliphatic rings. The van der Waals surface area contributed by atoms with E-state index in [0.29, 0.717) is 6.42 Å². The molecule has 1 aromatic rings. The molecule has 0 spiro atoms. The van der Waals surface area contributed by atoms with Crippen molar-refractivity contribution in [2.24, 2.45) is 0 Å². The average Bonchev–Trinajstić information content (AvgIpc) is 2.39. The molecule has 5 heteroatoms. The van der Waals surface area contributed by atoms with Gasteiger partial charge in [-0.1, -0.05) is 30.3 Å². The molecular weight excluding hydrogens is 244 g/mol. The van der Waals surface area contributed by atoms with Crippen molar-refractivity contribution in [2.75, 3.05) is 13.6 Å². The Bertz CT molecular complexity index is 406. The summed E-state index contributed by atoms with van der Waals surface area (Å²) in [6.45, 7) is 0.766. The highest BCUT2D eigenvalue weighted by atomic mass is 16.4. The van der Waals surface area contributed by atoms with Gasteiger partial charge in [0, 0.05) is 6.42 Å². The van der Waals surface area contributed by atoms with Crippen molar-refractivity contribution < 1.29 is 14.7 Å². The lowest BCUT2D eigenvalue weighted by Gasteiger charge is -2.17. The van der Waals surface area contributed by atoms with Crippen LogP contribution in [0.1, 0.15) is 30.9 Å². The van der Waals surface area contributed by atoms with E-state index in [1.807, 2.05) is 37.4 Å². The fraction of sp³-hybridized carbons (Fsp3) is 0.429. The Kier molecular flexibility index (Phi) is 6.60. The highest BCUT2D eigenvalue weighted by Gasteiger charge is 2.17. The molecule has 0 saturated carbocycles. The van der Waals surface area contributed by atoms with Gasteiger partial charge in [0.15, 0.2) is 0 Å². The minimum absolute atomic E-state index is 0.109. The van der Waals surface area contributed by atoms with Crippen molar-refractivity contribution in [3.8, 4) is 0 Å². The predicted molar refractivity (Wildman–Crippen MR) is 72.7 cm³/mol.